The zero-order valence-corrected chi connectivity index (χ0v) is 3.20. The Labute approximate surface area is 37.2 Å². The Bertz CT molecular complexity index is 273. The fraction of sp³-hybridized carbons (Fsp3) is 0. The molecular formula is C2N4O. The molecule has 0 saturated carbocycles. The van der Waals surface area contributed by atoms with Crippen molar-refractivity contribution in [1.29, 1.82) is 0 Å². The van der Waals surface area contributed by atoms with Gasteiger partial charge in [0.25, 0.3) is 0 Å². The van der Waals surface area contributed by atoms with Gasteiger partial charge in [-0.05, 0) is 10.4 Å². The lowest BCUT2D eigenvalue weighted by molar-refractivity contribution is 0.825. The van der Waals surface area contributed by atoms with Crippen LogP contribution >= 0.6 is 0 Å². The van der Waals surface area contributed by atoms with Crippen LogP contribution in [0.2, 0.25) is 0 Å². The molecule has 0 fully saturated rings. The molecule has 2 rings (SSSR count). The molecule has 0 amide bonds. The van der Waals surface area contributed by atoms with E-state index in [0.717, 1.165) is 4.52 Å². The minimum absolute atomic E-state index is 0.130. The van der Waals surface area contributed by atoms with Gasteiger partial charge in [-0.1, -0.05) is 0 Å². The first-order valence-electron chi connectivity index (χ1n) is 1.72. The minimum Gasteiger partial charge on any atom is -0.263 e. The molecule has 5 heteroatoms. The maximum absolute atomic E-state index is 10.1. The molecule has 0 spiro atoms. The van der Waals surface area contributed by atoms with Gasteiger partial charge >= 0.3 is 5.56 Å². The average molecular weight is 96.0 g/mol. The summed E-state index contributed by atoms with van der Waals surface area (Å²) >= 11 is 0. The molecule has 0 bridgehead atoms. The number of rotatable bonds is 0. The molecule has 0 aliphatic heterocycles. The van der Waals surface area contributed by atoms with Crippen molar-refractivity contribution in [3.8, 4) is 0 Å². The first-order chi connectivity index (χ1) is 3.39. The van der Waals surface area contributed by atoms with E-state index < -0.39 is 0 Å². The molecule has 0 saturated heterocycles. The first-order valence-corrected chi connectivity index (χ1v) is 1.72. The fourth-order valence-corrected chi connectivity index (χ4v) is 0.404. The number of tetrazole rings is 1. The number of nitrogens with zero attached hydrogens (tertiary/aromatic N) is 4. The largest absolute Gasteiger partial charge is 0.321 e. The van der Waals surface area contributed by atoms with Gasteiger partial charge in [0.1, 0.15) is 0 Å². The quantitative estimate of drug-likeness (QED) is 0.394. The van der Waals surface area contributed by atoms with E-state index in [2.05, 4.69) is 15.5 Å². The third-order valence-electron chi connectivity index (χ3n) is 0.803. The smallest absolute Gasteiger partial charge is 0.263 e. The van der Waals surface area contributed by atoms with Gasteiger partial charge in [-0.2, -0.15) is 0 Å². The molecule has 0 N–H and O–H groups in total. The summed E-state index contributed by atoms with van der Waals surface area (Å²) < 4.78 is 1.14. The van der Waals surface area contributed by atoms with Gasteiger partial charge in [0, 0.05) is 0 Å². The number of aromatic nitrogens is 4. The number of hydrogen-bond donors (Lipinski definition) is 0. The molecule has 0 unspecified atom stereocenters. The van der Waals surface area contributed by atoms with Crippen LogP contribution in [0.25, 0.3) is 5.65 Å². The highest BCUT2D eigenvalue weighted by molar-refractivity contribution is 5.40. The van der Waals surface area contributed by atoms with E-state index in [1.807, 2.05) is 0 Å². The highest BCUT2D eigenvalue weighted by atomic mass is 16.2. The highest BCUT2D eigenvalue weighted by Crippen LogP contribution is 1.84. The molecular weight excluding hydrogens is 96.0 g/mol. The van der Waals surface area contributed by atoms with Crippen LogP contribution in [0.15, 0.2) is 4.79 Å². The average Bonchev–Trinajstić information content (AvgIpc) is 2.26. The Hall–Kier alpha value is -1.26. The zero-order valence-electron chi connectivity index (χ0n) is 3.20. The van der Waals surface area contributed by atoms with E-state index in [-0.39, 0.29) is 5.56 Å². The third-order valence-corrected chi connectivity index (χ3v) is 0.803. The van der Waals surface area contributed by atoms with E-state index >= 15 is 0 Å². The van der Waals surface area contributed by atoms with Gasteiger partial charge in [0.05, 0.1) is 0 Å². The predicted molar refractivity (Wildman–Crippen MR) is 19.4 cm³/mol. The maximum Gasteiger partial charge on any atom is 0.321 e. The summed E-state index contributed by atoms with van der Waals surface area (Å²) in [5, 5.41) is 9.82. The van der Waals surface area contributed by atoms with Crippen molar-refractivity contribution in [3.05, 3.63) is 10.4 Å². The van der Waals surface area contributed by atoms with Crippen molar-refractivity contribution < 1.29 is 0 Å². The number of hydrogen-bond acceptors (Lipinski definition) is 4. The minimum atomic E-state index is -0.130. The third kappa shape index (κ3) is 0.164. The lowest BCUT2D eigenvalue weighted by atomic mass is 11.0. The second-order valence-electron chi connectivity index (χ2n) is 1.22. The summed E-state index contributed by atoms with van der Waals surface area (Å²) in [6.07, 6.45) is 0. The van der Waals surface area contributed by atoms with Crippen LogP contribution in [-0.2, 0) is 0 Å². The zero-order chi connectivity index (χ0) is 4.85. The monoisotopic (exact) mass is 96.0 g/mol. The van der Waals surface area contributed by atoms with Crippen molar-refractivity contribution in [1.82, 2.24) is 20.0 Å². The Morgan fingerprint density at radius 2 is 2.43 bits per heavy atom. The predicted octanol–water partition coefficient (Wildman–Crippen LogP) is -1.64. The van der Waals surface area contributed by atoms with E-state index in [0.29, 0.717) is 5.65 Å². The molecule has 7 heavy (non-hydrogen) atoms. The molecule has 0 atom stereocenters. The van der Waals surface area contributed by atoms with Crippen molar-refractivity contribution in [2.45, 2.75) is 0 Å². The molecule has 0 radical (unpaired) electrons. The van der Waals surface area contributed by atoms with Crippen LogP contribution in [0, 0.1) is 0 Å². The Kier molecular flexibility index (Phi) is 0.233. The molecule has 0 aliphatic rings. The second-order valence-corrected chi connectivity index (χ2v) is 1.22. The van der Waals surface area contributed by atoms with Crippen molar-refractivity contribution in [2.24, 2.45) is 0 Å². The number of fused-ring (bicyclic) bond motifs is 1. The maximum atomic E-state index is 10.1. The lowest BCUT2D eigenvalue weighted by Gasteiger charge is -1.49. The molecule has 34 valence electrons. The van der Waals surface area contributed by atoms with Crippen LogP contribution in [-0.4, -0.2) is 20.0 Å². The SMILES string of the molecule is O=c1c2nnnn12. The van der Waals surface area contributed by atoms with Crippen LogP contribution in [0.4, 0.5) is 0 Å². The summed E-state index contributed by atoms with van der Waals surface area (Å²) in [5.41, 5.74) is 0.231. The van der Waals surface area contributed by atoms with Gasteiger partial charge in [0.15, 0.2) is 0 Å². The van der Waals surface area contributed by atoms with Crippen molar-refractivity contribution >= 4 is 5.65 Å². The van der Waals surface area contributed by atoms with Gasteiger partial charge in [0.2, 0.25) is 5.65 Å². The Balaban J connectivity index is 3.18. The summed E-state index contributed by atoms with van der Waals surface area (Å²) in [6, 6.07) is 0. The molecule has 0 aromatic carbocycles. The van der Waals surface area contributed by atoms with Gasteiger partial charge in [-0.3, -0.25) is 4.79 Å². The summed E-state index contributed by atoms with van der Waals surface area (Å²) in [4.78, 5) is 10.1. The molecule has 2 heterocycles. The lowest BCUT2D eigenvalue weighted by Crippen LogP contribution is -1.89. The van der Waals surface area contributed by atoms with E-state index in [9.17, 15) is 4.79 Å². The fourth-order valence-electron chi connectivity index (χ4n) is 0.404. The summed E-state index contributed by atoms with van der Waals surface area (Å²) in [6.45, 7) is 0. The van der Waals surface area contributed by atoms with E-state index in [1.165, 1.54) is 0 Å². The van der Waals surface area contributed by atoms with E-state index in [1.54, 1.807) is 0 Å². The topological polar surface area (TPSA) is 60.2 Å². The van der Waals surface area contributed by atoms with Gasteiger partial charge in [-0.25, -0.2) is 0 Å². The Morgan fingerprint density at radius 3 is 2.71 bits per heavy atom. The first kappa shape index (κ1) is 2.84. The summed E-state index contributed by atoms with van der Waals surface area (Å²) in [7, 11) is 0. The molecule has 2 aromatic rings. The molecule has 2 aromatic heterocycles. The van der Waals surface area contributed by atoms with Crippen molar-refractivity contribution in [2.75, 3.05) is 0 Å². The van der Waals surface area contributed by atoms with Crippen LogP contribution in [0.5, 0.6) is 0 Å². The van der Waals surface area contributed by atoms with Gasteiger partial charge in [-0.15, -0.1) is 9.61 Å². The summed E-state index contributed by atoms with van der Waals surface area (Å²) in [5.74, 6) is 0. The van der Waals surface area contributed by atoms with Crippen LogP contribution < -0.4 is 5.56 Å². The van der Waals surface area contributed by atoms with Gasteiger partial charge < -0.3 is 0 Å². The standard InChI is InChI=1S/C2N4O/c7-2-1-3-4-5-6(1)2. The van der Waals surface area contributed by atoms with Crippen molar-refractivity contribution in [3.63, 3.8) is 0 Å². The Morgan fingerprint density at radius 1 is 1.57 bits per heavy atom. The van der Waals surface area contributed by atoms with Crippen LogP contribution in [0.3, 0.4) is 0 Å². The normalized spacial score (nSPS) is 11.4. The van der Waals surface area contributed by atoms with E-state index in [4.69, 9.17) is 0 Å². The van der Waals surface area contributed by atoms with Crippen LogP contribution in [0.1, 0.15) is 0 Å². The molecule has 5 nitrogen and oxygen atoms in total. The highest BCUT2D eigenvalue weighted by Gasteiger charge is 2.14. The second kappa shape index (κ2) is 0.575. The molecule has 0 aliphatic carbocycles.